The summed E-state index contributed by atoms with van der Waals surface area (Å²) >= 11 is 0. The van der Waals surface area contributed by atoms with Crippen molar-refractivity contribution in [2.45, 2.75) is 31.3 Å². The van der Waals surface area contributed by atoms with E-state index in [9.17, 15) is 0 Å². The minimum Gasteiger partial charge on any atom is -1.00 e. The highest BCUT2D eigenvalue weighted by Gasteiger charge is 2.27. The first-order valence-electron chi connectivity index (χ1n) is 7.89. The standard InChI is InChI=1S/C20H23OS.ClH/c1-3-17-8-4-5-9-18(17)15-21-20-11-10-19(14-16(20)2)22-12-6-7-13-22;/h3-5,8-11,14H,1,6-7,12-13,15H2,2H3;1H/q+1;/p-1. The second-order valence-electron chi connectivity index (χ2n) is 5.73. The Morgan fingerprint density at radius 1 is 1.13 bits per heavy atom. The molecule has 122 valence electrons. The molecule has 1 nitrogen and oxygen atoms in total. The molecule has 1 saturated heterocycles. The van der Waals surface area contributed by atoms with E-state index in [0.717, 1.165) is 11.3 Å². The molecule has 0 aromatic heterocycles. The summed E-state index contributed by atoms with van der Waals surface area (Å²) in [4.78, 5) is 1.51. The fourth-order valence-corrected chi connectivity index (χ4v) is 5.26. The van der Waals surface area contributed by atoms with E-state index >= 15 is 0 Å². The van der Waals surface area contributed by atoms with Gasteiger partial charge in [-0.25, -0.2) is 0 Å². The van der Waals surface area contributed by atoms with E-state index in [4.69, 9.17) is 4.74 Å². The Balaban J connectivity index is 0.00000192. The predicted octanol–water partition coefficient (Wildman–Crippen LogP) is 1.99. The average Bonchev–Trinajstić information content (AvgIpc) is 3.08. The van der Waals surface area contributed by atoms with Gasteiger partial charge in [-0.1, -0.05) is 36.9 Å². The lowest BCUT2D eigenvalue weighted by Gasteiger charge is -2.12. The zero-order valence-electron chi connectivity index (χ0n) is 13.6. The van der Waals surface area contributed by atoms with Crippen LogP contribution in [0.4, 0.5) is 0 Å². The molecule has 1 aliphatic rings. The van der Waals surface area contributed by atoms with Gasteiger partial charge in [0.15, 0.2) is 4.90 Å². The minimum atomic E-state index is 0. The van der Waals surface area contributed by atoms with Gasteiger partial charge in [0.2, 0.25) is 0 Å². The van der Waals surface area contributed by atoms with Crippen molar-refractivity contribution in [3.8, 4) is 5.75 Å². The van der Waals surface area contributed by atoms with Gasteiger partial charge in [-0.05, 0) is 54.7 Å². The van der Waals surface area contributed by atoms with E-state index in [2.05, 4.69) is 43.8 Å². The quantitative estimate of drug-likeness (QED) is 0.752. The van der Waals surface area contributed by atoms with E-state index in [1.54, 1.807) is 0 Å². The number of rotatable bonds is 5. The molecule has 23 heavy (non-hydrogen) atoms. The zero-order chi connectivity index (χ0) is 15.4. The Labute approximate surface area is 148 Å². The monoisotopic (exact) mass is 346 g/mol. The van der Waals surface area contributed by atoms with Gasteiger partial charge in [0.25, 0.3) is 0 Å². The lowest BCUT2D eigenvalue weighted by Crippen LogP contribution is -3.00. The van der Waals surface area contributed by atoms with Crippen LogP contribution in [0.5, 0.6) is 5.75 Å². The van der Waals surface area contributed by atoms with Crippen molar-refractivity contribution in [3.05, 3.63) is 65.7 Å². The molecule has 0 aliphatic carbocycles. The van der Waals surface area contributed by atoms with Crippen molar-refractivity contribution < 1.29 is 17.1 Å². The summed E-state index contributed by atoms with van der Waals surface area (Å²) in [5.41, 5.74) is 3.57. The van der Waals surface area contributed by atoms with Crippen molar-refractivity contribution in [1.82, 2.24) is 0 Å². The number of ether oxygens (including phenoxy) is 1. The fraction of sp³-hybridized carbons (Fsp3) is 0.300. The number of benzene rings is 2. The van der Waals surface area contributed by atoms with Gasteiger partial charge in [-0.2, -0.15) is 0 Å². The molecule has 2 aromatic rings. The Kier molecular flexibility index (Phi) is 6.61. The number of halogens is 1. The van der Waals surface area contributed by atoms with Crippen LogP contribution in [0.1, 0.15) is 29.5 Å². The third-order valence-corrected chi connectivity index (χ3v) is 6.65. The van der Waals surface area contributed by atoms with Crippen molar-refractivity contribution in [3.63, 3.8) is 0 Å². The Morgan fingerprint density at radius 2 is 1.87 bits per heavy atom. The van der Waals surface area contributed by atoms with Crippen molar-refractivity contribution in [1.29, 1.82) is 0 Å². The van der Waals surface area contributed by atoms with Gasteiger partial charge in [0, 0.05) is 10.9 Å². The molecule has 3 heteroatoms. The summed E-state index contributed by atoms with van der Waals surface area (Å²) in [5.74, 6) is 3.73. The molecule has 2 aromatic carbocycles. The van der Waals surface area contributed by atoms with Gasteiger partial charge in [-0.3, -0.25) is 0 Å². The van der Waals surface area contributed by atoms with Crippen LogP contribution in [0, 0.1) is 6.92 Å². The molecule has 1 aliphatic heterocycles. The summed E-state index contributed by atoms with van der Waals surface area (Å²) in [6, 6.07) is 15.0. The Hall–Kier alpha value is -1.38. The van der Waals surface area contributed by atoms with E-state index in [1.165, 1.54) is 40.4 Å². The maximum atomic E-state index is 6.04. The van der Waals surface area contributed by atoms with Crippen LogP contribution in [0.2, 0.25) is 0 Å². The van der Waals surface area contributed by atoms with E-state index in [-0.39, 0.29) is 12.4 Å². The highest BCUT2D eigenvalue weighted by molar-refractivity contribution is 7.97. The first-order chi connectivity index (χ1) is 10.8. The first kappa shape index (κ1) is 18.0. The van der Waals surface area contributed by atoms with Crippen molar-refractivity contribution >= 4 is 17.0 Å². The number of hydrogen-bond donors (Lipinski definition) is 0. The lowest BCUT2D eigenvalue weighted by molar-refractivity contribution is -0.00000479. The summed E-state index contributed by atoms with van der Waals surface area (Å²) in [5, 5.41) is 0. The maximum Gasteiger partial charge on any atom is 0.155 e. The second kappa shape index (κ2) is 8.47. The van der Waals surface area contributed by atoms with Gasteiger partial charge in [-0.15, -0.1) is 0 Å². The molecule has 0 saturated carbocycles. The molecule has 0 amide bonds. The molecule has 1 heterocycles. The lowest BCUT2D eigenvalue weighted by atomic mass is 10.1. The van der Waals surface area contributed by atoms with E-state index in [1.807, 2.05) is 18.2 Å². The fourth-order valence-electron chi connectivity index (χ4n) is 2.87. The molecule has 3 rings (SSSR count). The molecule has 0 N–H and O–H groups in total. The normalized spacial score (nSPS) is 14.3. The van der Waals surface area contributed by atoms with Gasteiger partial charge in [0.05, 0.1) is 0 Å². The molecule has 1 fully saturated rings. The summed E-state index contributed by atoms with van der Waals surface area (Å²) in [7, 11) is 0.477. The highest BCUT2D eigenvalue weighted by Crippen LogP contribution is 2.28. The first-order valence-corrected chi connectivity index (χ1v) is 9.45. The minimum absolute atomic E-state index is 0. The van der Waals surface area contributed by atoms with E-state index < -0.39 is 0 Å². The summed E-state index contributed by atoms with van der Waals surface area (Å²) in [6.45, 7) is 6.61. The molecule has 0 bridgehead atoms. The molecular weight excluding hydrogens is 324 g/mol. The van der Waals surface area contributed by atoms with Crippen LogP contribution < -0.4 is 17.1 Å². The van der Waals surface area contributed by atoms with Crippen LogP contribution in [-0.2, 0) is 17.5 Å². The zero-order valence-corrected chi connectivity index (χ0v) is 15.1. The summed E-state index contributed by atoms with van der Waals surface area (Å²) in [6.07, 6.45) is 4.66. The van der Waals surface area contributed by atoms with Gasteiger partial charge >= 0.3 is 0 Å². The molecule has 0 radical (unpaired) electrons. The molecule has 0 spiro atoms. The second-order valence-corrected chi connectivity index (χ2v) is 8.00. The van der Waals surface area contributed by atoms with Crippen LogP contribution in [-0.4, -0.2) is 11.5 Å². The third kappa shape index (κ3) is 4.33. The average molecular weight is 347 g/mol. The van der Waals surface area contributed by atoms with Crippen molar-refractivity contribution in [2.75, 3.05) is 11.5 Å². The maximum absolute atomic E-state index is 6.04. The van der Waals surface area contributed by atoms with E-state index in [0.29, 0.717) is 17.5 Å². The highest BCUT2D eigenvalue weighted by atomic mass is 35.5. The molecule has 0 atom stereocenters. The van der Waals surface area contributed by atoms with Crippen LogP contribution >= 0.6 is 0 Å². The SMILES string of the molecule is C=Cc1ccccc1COc1ccc([S+]2CCCC2)cc1C.[Cl-]. The van der Waals surface area contributed by atoms with Crippen LogP contribution in [0.3, 0.4) is 0 Å². The number of aryl methyl sites for hydroxylation is 1. The Bertz CT molecular complexity index is 662. The molecular formula is C20H23ClOS. The summed E-state index contributed by atoms with van der Waals surface area (Å²) < 4.78 is 6.04. The third-order valence-electron chi connectivity index (χ3n) is 4.17. The topological polar surface area (TPSA) is 9.23 Å². The largest absolute Gasteiger partial charge is 1.00 e. The van der Waals surface area contributed by atoms with Gasteiger partial charge < -0.3 is 17.1 Å². The van der Waals surface area contributed by atoms with Crippen molar-refractivity contribution in [2.24, 2.45) is 0 Å². The number of hydrogen-bond acceptors (Lipinski definition) is 1. The van der Waals surface area contributed by atoms with Crippen LogP contribution in [0.15, 0.2) is 53.9 Å². The smallest absolute Gasteiger partial charge is 0.155 e. The van der Waals surface area contributed by atoms with Crippen LogP contribution in [0.25, 0.3) is 6.08 Å². The van der Waals surface area contributed by atoms with Gasteiger partial charge in [0.1, 0.15) is 23.9 Å². The Morgan fingerprint density at radius 3 is 2.57 bits per heavy atom. The molecule has 0 unspecified atom stereocenters. The predicted molar refractivity (Wildman–Crippen MR) is 96.6 cm³/mol.